The van der Waals surface area contributed by atoms with E-state index in [0.29, 0.717) is 17.4 Å². The number of nitrogens with one attached hydrogen (secondary N) is 1. The highest BCUT2D eigenvalue weighted by Crippen LogP contribution is 2.43. The molecular formula is C60H116N2O6P+. The molecule has 0 saturated carbocycles. The number of likely N-dealkylation sites (N-methyl/N-ethyl adjacent to an activating group) is 1. The second-order valence-electron chi connectivity index (χ2n) is 21.3. The molecule has 1 amide bonds. The smallest absolute Gasteiger partial charge is 0.387 e. The van der Waals surface area contributed by atoms with E-state index in [-0.39, 0.29) is 19.1 Å². The molecule has 69 heavy (non-hydrogen) atoms. The Balaban J connectivity index is 4.22. The molecule has 9 heteroatoms. The number of quaternary nitrogens is 1. The van der Waals surface area contributed by atoms with Crippen LogP contribution in [0.4, 0.5) is 0 Å². The predicted molar refractivity (Wildman–Crippen MR) is 300 cm³/mol. The van der Waals surface area contributed by atoms with Crippen molar-refractivity contribution in [3.63, 3.8) is 0 Å². The molecule has 3 atom stereocenters. The van der Waals surface area contributed by atoms with Crippen LogP contribution >= 0.6 is 7.82 Å². The van der Waals surface area contributed by atoms with Gasteiger partial charge in [0.2, 0.25) is 5.91 Å². The fourth-order valence-corrected chi connectivity index (χ4v) is 9.34. The van der Waals surface area contributed by atoms with Crippen molar-refractivity contribution in [1.82, 2.24) is 5.32 Å². The summed E-state index contributed by atoms with van der Waals surface area (Å²) < 4.78 is 23.7. The molecule has 0 rings (SSSR count). The quantitative estimate of drug-likeness (QED) is 0.0243. The first-order chi connectivity index (χ1) is 33.5. The highest BCUT2D eigenvalue weighted by atomic mass is 31.2. The van der Waals surface area contributed by atoms with Crippen LogP contribution in [0.3, 0.4) is 0 Å². The van der Waals surface area contributed by atoms with Gasteiger partial charge in [0.25, 0.3) is 0 Å². The van der Waals surface area contributed by atoms with Gasteiger partial charge in [-0.05, 0) is 70.6 Å². The standard InChI is InChI=1S/C60H115N2O6P/c1-6-8-10-12-14-16-18-20-22-24-25-26-27-28-29-30-31-32-33-34-35-36-38-39-41-43-45-47-49-51-53-59(63)58(57-68-69(65,66)67-56-55-62(3,4)5)61-60(64)54-52-50-48-46-44-42-40-37-23-21-19-17-15-13-11-9-7-2/h21,23,36,38,43,45,51,53,58-59,63H,6-20,22,24-35,37,39-42,44,46-50,52,54-57H2,1-5H3,(H-,61,64,65,66)/p+1/b23-21-,38-36+,45-43+,53-51+. The Hall–Kier alpha value is -1.54. The fourth-order valence-electron chi connectivity index (χ4n) is 8.60. The number of phosphoric ester groups is 1. The second-order valence-corrected chi connectivity index (χ2v) is 22.8. The van der Waals surface area contributed by atoms with Gasteiger partial charge in [0.15, 0.2) is 0 Å². The fraction of sp³-hybridized carbons (Fsp3) is 0.850. The van der Waals surface area contributed by atoms with E-state index >= 15 is 0 Å². The largest absolute Gasteiger partial charge is 0.472 e. The second kappa shape index (κ2) is 51.4. The average Bonchev–Trinajstić information content (AvgIpc) is 3.31. The summed E-state index contributed by atoms with van der Waals surface area (Å²) in [6, 6.07) is -0.873. The predicted octanol–water partition coefficient (Wildman–Crippen LogP) is 17.9. The highest BCUT2D eigenvalue weighted by molar-refractivity contribution is 7.47. The van der Waals surface area contributed by atoms with Crippen LogP contribution in [0.5, 0.6) is 0 Å². The third-order valence-electron chi connectivity index (χ3n) is 13.2. The van der Waals surface area contributed by atoms with Gasteiger partial charge in [-0.2, -0.15) is 0 Å². The number of nitrogens with zero attached hydrogens (tertiary/aromatic N) is 1. The molecule has 0 aromatic heterocycles. The van der Waals surface area contributed by atoms with Gasteiger partial charge in [0, 0.05) is 6.42 Å². The number of hydrogen-bond acceptors (Lipinski definition) is 5. The van der Waals surface area contributed by atoms with Crippen LogP contribution < -0.4 is 5.32 Å². The van der Waals surface area contributed by atoms with E-state index in [2.05, 4.69) is 55.6 Å². The van der Waals surface area contributed by atoms with Gasteiger partial charge in [0.05, 0.1) is 39.9 Å². The lowest BCUT2D eigenvalue weighted by atomic mass is 10.0. The van der Waals surface area contributed by atoms with Crippen molar-refractivity contribution in [3.05, 3.63) is 48.6 Å². The van der Waals surface area contributed by atoms with Crippen molar-refractivity contribution in [2.45, 2.75) is 289 Å². The number of aliphatic hydroxyl groups excluding tert-OH is 1. The molecular weight excluding hydrogens is 876 g/mol. The molecule has 0 spiro atoms. The maximum absolute atomic E-state index is 12.9. The van der Waals surface area contributed by atoms with Gasteiger partial charge in [-0.15, -0.1) is 0 Å². The van der Waals surface area contributed by atoms with E-state index in [4.69, 9.17) is 9.05 Å². The molecule has 0 bridgehead atoms. The van der Waals surface area contributed by atoms with Crippen LogP contribution in [0.1, 0.15) is 277 Å². The third-order valence-corrected chi connectivity index (χ3v) is 14.2. The Morgan fingerprint density at radius 3 is 1.16 bits per heavy atom. The van der Waals surface area contributed by atoms with Gasteiger partial charge in [-0.1, -0.05) is 249 Å². The summed E-state index contributed by atoms with van der Waals surface area (Å²) in [5, 5.41) is 13.9. The number of allylic oxidation sites excluding steroid dienone is 7. The number of rotatable bonds is 54. The van der Waals surface area contributed by atoms with Crippen molar-refractivity contribution in [2.24, 2.45) is 0 Å². The number of amides is 1. The van der Waals surface area contributed by atoms with Gasteiger partial charge < -0.3 is 19.8 Å². The molecule has 0 fully saturated rings. The van der Waals surface area contributed by atoms with E-state index < -0.39 is 20.0 Å². The molecule has 0 heterocycles. The minimum atomic E-state index is -4.36. The van der Waals surface area contributed by atoms with Crippen LogP contribution in [0.15, 0.2) is 48.6 Å². The van der Waals surface area contributed by atoms with Crippen LogP contribution in [-0.4, -0.2) is 73.4 Å². The Morgan fingerprint density at radius 1 is 0.478 bits per heavy atom. The van der Waals surface area contributed by atoms with Crippen molar-refractivity contribution in [3.8, 4) is 0 Å². The van der Waals surface area contributed by atoms with E-state index in [1.165, 1.54) is 212 Å². The number of unbranched alkanes of at least 4 members (excludes halogenated alkanes) is 35. The molecule has 0 aliphatic rings. The number of hydrogen-bond donors (Lipinski definition) is 3. The molecule has 8 nitrogen and oxygen atoms in total. The Kier molecular flexibility index (Phi) is 50.2. The first-order valence-electron chi connectivity index (χ1n) is 29.5. The van der Waals surface area contributed by atoms with Gasteiger partial charge in [0.1, 0.15) is 13.2 Å². The lowest BCUT2D eigenvalue weighted by Gasteiger charge is -2.25. The summed E-state index contributed by atoms with van der Waals surface area (Å²) in [5.41, 5.74) is 0. The highest BCUT2D eigenvalue weighted by Gasteiger charge is 2.27. The first-order valence-corrected chi connectivity index (χ1v) is 31.0. The summed E-state index contributed by atoms with van der Waals surface area (Å²) in [6.45, 7) is 4.80. The van der Waals surface area contributed by atoms with Crippen LogP contribution in [-0.2, 0) is 18.4 Å². The van der Waals surface area contributed by atoms with Gasteiger partial charge in [-0.3, -0.25) is 13.8 Å². The molecule has 3 unspecified atom stereocenters. The van der Waals surface area contributed by atoms with Crippen LogP contribution in [0.25, 0.3) is 0 Å². The normalized spacial score (nSPS) is 14.2. The number of carbonyl (C=O) groups excluding carboxylic acids is 1. The molecule has 3 N–H and O–H groups in total. The molecule has 406 valence electrons. The zero-order valence-electron chi connectivity index (χ0n) is 46.3. The summed E-state index contributed by atoms with van der Waals surface area (Å²) >= 11 is 0. The summed E-state index contributed by atoms with van der Waals surface area (Å²) in [7, 11) is 1.55. The van der Waals surface area contributed by atoms with E-state index in [1.807, 2.05) is 27.2 Å². The minimum absolute atomic E-state index is 0.0522. The molecule has 0 aromatic rings. The van der Waals surface area contributed by atoms with Crippen molar-refractivity contribution >= 4 is 13.7 Å². The van der Waals surface area contributed by atoms with Crippen molar-refractivity contribution < 1.29 is 32.9 Å². The maximum Gasteiger partial charge on any atom is 0.472 e. The molecule has 0 saturated heterocycles. The van der Waals surface area contributed by atoms with E-state index in [9.17, 15) is 19.4 Å². The molecule has 0 aromatic carbocycles. The maximum atomic E-state index is 12.9. The molecule has 0 aliphatic heterocycles. The zero-order valence-corrected chi connectivity index (χ0v) is 47.2. The van der Waals surface area contributed by atoms with E-state index in [1.54, 1.807) is 6.08 Å². The number of phosphoric acid groups is 1. The minimum Gasteiger partial charge on any atom is -0.387 e. The van der Waals surface area contributed by atoms with Crippen LogP contribution in [0.2, 0.25) is 0 Å². The number of carbonyl (C=O) groups is 1. The Morgan fingerprint density at radius 2 is 0.797 bits per heavy atom. The van der Waals surface area contributed by atoms with Crippen molar-refractivity contribution in [2.75, 3.05) is 40.9 Å². The summed E-state index contributed by atoms with van der Waals surface area (Å²) in [6.07, 6.45) is 68.0. The molecule has 0 radical (unpaired) electrons. The summed E-state index contributed by atoms with van der Waals surface area (Å²) in [5.74, 6) is -0.194. The molecule has 0 aliphatic carbocycles. The van der Waals surface area contributed by atoms with Gasteiger partial charge >= 0.3 is 7.82 Å². The monoisotopic (exact) mass is 992 g/mol. The summed E-state index contributed by atoms with van der Waals surface area (Å²) in [4.78, 5) is 23.3. The SMILES string of the molecule is CCCCCCCC/C=C\CCCCCCCCCC(=O)NC(COP(=O)(O)OCC[N+](C)(C)C)C(O)/C=C/CC/C=C/CC/C=C/CCCCCCCCCCCCCCCCCCCCCC. The Bertz CT molecular complexity index is 1260. The van der Waals surface area contributed by atoms with E-state index in [0.717, 1.165) is 44.9 Å². The Labute approximate surface area is 429 Å². The lowest BCUT2D eigenvalue weighted by Crippen LogP contribution is -2.45. The zero-order chi connectivity index (χ0) is 50.6. The van der Waals surface area contributed by atoms with Crippen molar-refractivity contribution in [1.29, 1.82) is 0 Å². The average molecular weight is 993 g/mol. The number of aliphatic hydroxyl groups is 1. The third kappa shape index (κ3) is 54.1. The van der Waals surface area contributed by atoms with Crippen LogP contribution in [0, 0.1) is 0 Å². The topological polar surface area (TPSA) is 105 Å². The lowest BCUT2D eigenvalue weighted by molar-refractivity contribution is -0.870. The first kappa shape index (κ1) is 67.5. The van der Waals surface area contributed by atoms with Gasteiger partial charge in [-0.25, -0.2) is 4.57 Å².